The normalized spacial score (nSPS) is 14.9. The van der Waals surface area contributed by atoms with Gasteiger partial charge in [-0.15, -0.1) is 0 Å². The van der Waals surface area contributed by atoms with Crippen LogP contribution in [-0.4, -0.2) is 16.7 Å². The second-order valence-corrected chi connectivity index (χ2v) is 6.30. The third-order valence-corrected chi connectivity index (χ3v) is 4.38. The molecule has 4 rings (SSSR count). The highest BCUT2D eigenvalue weighted by Crippen LogP contribution is 2.28. The molecule has 3 aromatic carbocycles. The summed E-state index contributed by atoms with van der Waals surface area (Å²) in [4.78, 5) is 29.3. The van der Waals surface area contributed by atoms with Crippen molar-refractivity contribution in [3.05, 3.63) is 112 Å². The maximum absolute atomic E-state index is 13.4. The second-order valence-electron chi connectivity index (χ2n) is 6.30. The highest BCUT2D eigenvalue weighted by molar-refractivity contribution is 6.33. The first-order valence-electron chi connectivity index (χ1n) is 8.73. The fourth-order valence-corrected chi connectivity index (χ4v) is 2.98. The summed E-state index contributed by atoms with van der Waals surface area (Å²) in [6, 6.07) is 20.6. The number of rotatable bonds is 4. The van der Waals surface area contributed by atoms with Gasteiger partial charge in [-0.1, -0.05) is 30.3 Å². The average molecular weight is 387 g/mol. The molecule has 7 heteroatoms. The van der Waals surface area contributed by atoms with Crippen molar-refractivity contribution in [2.45, 2.75) is 0 Å². The zero-order chi connectivity index (χ0) is 20.4. The Kier molecular flexibility index (Phi) is 4.70. The number of anilines is 1. The molecule has 0 bridgehead atoms. The first kappa shape index (κ1) is 18.2. The average Bonchev–Trinajstić information content (AvgIpc) is 3.06. The van der Waals surface area contributed by atoms with Gasteiger partial charge in [0.1, 0.15) is 17.3 Å². The van der Waals surface area contributed by atoms with Crippen LogP contribution in [-0.2, 0) is 4.79 Å². The summed E-state index contributed by atoms with van der Waals surface area (Å²) in [5.41, 5.74) is 1.98. The lowest BCUT2D eigenvalue weighted by Crippen LogP contribution is -2.32. The van der Waals surface area contributed by atoms with E-state index in [1.165, 1.54) is 41.3 Å². The molecule has 0 fully saturated rings. The van der Waals surface area contributed by atoms with Crippen molar-refractivity contribution >= 4 is 29.2 Å². The van der Waals surface area contributed by atoms with Gasteiger partial charge in [-0.3, -0.25) is 19.8 Å². The number of amides is 1. The van der Waals surface area contributed by atoms with Crippen molar-refractivity contribution in [3.63, 3.8) is 0 Å². The molecule has 1 amide bonds. The summed E-state index contributed by atoms with van der Waals surface area (Å²) in [6.45, 7) is 0. The van der Waals surface area contributed by atoms with E-state index in [0.29, 0.717) is 17.1 Å². The largest absolute Gasteiger partial charge is 0.282 e. The van der Waals surface area contributed by atoms with Crippen molar-refractivity contribution < 1.29 is 14.1 Å². The Morgan fingerprint density at radius 1 is 0.931 bits per heavy atom. The van der Waals surface area contributed by atoms with Crippen LogP contribution in [0.4, 0.5) is 15.8 Å². The van der Waals surface area contributed by atoms with Crippen molar-refractivity contribution in [3.8, 4) is 0 Å². The van der Waals surface area contributed by atoms with E-state index in [-0.39, 0.29) is 17.3 Å². The van der Waals surface area contributed by atoms with Crippen LogP contribution in [0.15, 0.2) is 89.6 Å². The van der Waals surface area contributed by atoms with Gasteiger partial charge in [-0.05, 0) is 48.0 Å². The molecule has 1 heterocycles. The highest BCUT2D eigenvalue weighted by atomic mass is 19.1. The van der Waals surface area contributed by atoms with Crippen LogP contribution in [0.25, 0.3) is 6.08 Å². The molecule has 0 atom stereocenters. The predicted octanol–water partition coefficient (Wildman–Crippen LogP) is 4.57. The molecular formula is C22H14FN3O3. The summed E-state index contributed by atoms with van der Waals surface area (Å²) in [5.74, 6) is -0.343. The first-order valence-corrected chi connectivity index (χ1v) is 8.73. The minimum absolute atomic E-state index is 0.0358. The van der Waals surface area contributed by atoms with E-state index in [2.05, 4.69) is 4.99 Å². The van der Waals surface area contributed by atoms with Crippen LogP contribution >= 0.6 is 0 Å². The van der Waals surface area contributed by atoms with Crippen molar-refractivity contribution in [1.29, 1.82) is 0 Å². The lowest BCUT2D eigenvalue weighted by molar-refractivity contribution is -0.384. The van der Waals surface area contributed by atoms with Gasteiger partial charge in [0.2, 0.25) is 0 Å². The van der Waals surface area contributed by atoms with Gasteiger partial charge in [0.25, 0.3) is 11.6 Å². The first-order chi connectivity index (χ1) is 14.0. The summed E-state index contributed by atoms with van der Waals surface area (Å²) < 4.78 is 13.4. The lowest BCUT2D eigenvalue weighted by atomic mass is 10.1. The van der Waals surface area contributed by atoms with Gasteiger partial charge in [-0.2, -0.15) is 0 Å². The summed E-state index contributed by atoms with van der Waals surface area (Å²) in [7, 11) is 0. The Balaban J connectivity index is 1.77. The van der Waals surface area contributed by atoms with Gasteiger partial charge in [0, 0.05) is 17.7 Å². The number of halogens is 1. The van der Waals surface area contributed by atoms with Gasteiger partial charge in [0.05, 0.1) is 10.6 Å². The minimum atomic E-state index is -0.487. The fourth-order valence-electron chi connectivity index (χ4n) is 2.98. The Morgan fingerprint density at radius 3 is 2.21 bits per heavy atom. The molecule has 0 saturated heterocycles. The number of carbonyl (C=O) groups is 1. The van der Waals surface area contributed by atoms with Gasteiger partial charge >= 0.3 is 0 Å². The molecule has 142 valence electrons. The number of amidine groups is 1. The minimum Gasteiger partial charge on any atom is -0.266 e. The van der Waals surface area contributed by atoms with Crippen LogP contribution in [0, 0.1) is 15.9 Å². The number of nitro groups is 1. The van der Waals surface area contributed by atoms with Crippen LogP contribution in [0.3, 0.4) is 0 Å². The third-order valence-electron chi connectivity index (χ3n) is 4.38. The highest BCUT2D eigenvalue weighted by Gasteiger charge is 2.32. The molecule has 1 aliphatic heterocycles. The number of nitrogens with zero attached hydrogens (tertiary/aromatic N) is 3. The zero-order valence-electron chi connectivity index (χ0n) is 15.0. The molecule has 0 saturated carbocycles. The molecule has 0 spiro atoms. The molecular weight excluding hydrogens is 373 g/mol. The van der Waals surface area contributed by atoms with E-state index >= 15 is 0 Å². The molecule has 0 aromatic heterocycles. The van der Waals surface area contributed by atoms with Gasteiger partial charge in [-0.25, -0.2) is 9.38 Å². The van der Waals surface area contributed by atoms with Crippen LogP contribution in [0.5, 0.6) is 0 Å². The van der Waals surface area contributed by atoms with Gasteiger partial charge < -0.3 is 0 Å². The number of carbonyl (C=O) groups excluding carboxylic acids is 1. The SMILES string of the molecule is O=C1C(=Cc2ccc([N+](=O)[O-])cc2)N=C(c2ccccc2)N1c1ccc(F)cc1. The van der Waals surface area contributed by atoms with E-state index in [1.807, 2.05) is 30.3 Å². The monoisotopic (exact) mass is 387 g/mol. The molecule has 0 N–H and O–H groups in total. The lowest BCUT2D eigenvalue weighted by Gasteiger charge is -2.18. The number of benzene rings is 3. The fraction of sp³-hybridized carbons (Fsp3) is 0. The Morgan fingerprint density at radius 2 is 1.59 bits per heavy atom. The number of aliphatic imine (C=N–C) groups is 1. The van der Waals surface area contributed by atoms with E-state index in [9.17, 15) is 19.3 Å². The van der Waals surface area contributed by atoms with Crippen LogP contribution in [0.1, 0.15) is 11.1 Å². The maximum Gasteiger partial charge on any atom is 0.282 e. The Hall–Kier alpha value is -4.13. The molecule has 6 nitrogen and oxygen atoms in total. The van der Waals surface area contributed by atoms with E-state index in [1.54, 1.807) is 18.2 Å². The number of non-ortho nitro benzene ring substituents is 1. The maximum atomic E-state index is 13.4. The van der Waals surface area contributed by atoms with Crippen molar-refractivity contribution in [2.24, 2.45) is 4.99 Å². The number of hydrogen-bond donors (Lipinski definition) is 0. The molecule has 29 heavy (non-hydrogen) atoms. The van der Waals surface area contributed by atoms with E-state index in [4.69, 9.17) is 0 Å². The van der Waals surface area contributed by atoms with Crippen LogP contribution in [0.2, 0.25) is 0 Å². The molecule has 3 aromatic rings. The quantitative estimate of drug-likeness (QED) is 0.374. The zero-order valence-corrected chi connectivity index (χ0v) is 15.0. The van der Waals surface area contributed by atoms with Crippen LogP contribution < -0.4 is 4.90 Å². The summed E-state index contributed by atoms with van der Waals surface area (Å²) >= 11 is 0. The number of nitro benzene ring substituents is 1. The second kappa shape index (κ2) is 7.47. The number of hydrogen-bond acceptors (Lipinski definition) is 4. The Bertz CT molecular complexity index is 1140. The van der Waals surface area contributed by atoms with Gasteiger partial charge in [0.15, 0.2) is 0 Å². The molecule has 1 aliphatic rings. The van der Waals surface area contributed by atoms with E-state index < -0.39 is 10.7 Å². The van der Waals surface area contributed by atoms with E-state index in [0.717, 1.165) is 5.56 Å². The third kappa shape index (κ3) is 3.66. The topological polar surface area (TPSA) is 75.8 Å². The standard InChI is InChI=1S/C22H14FN3O3/c23-17-8-12-18(13-9-17)25-21(16-4-2-1-3-5-16)24-20(22(25)27)14-15-6-10-19(11-7-15)26(28)29/h1-14H. The molecule has 0 radical (unpaired) electrons. The summed E-state index contributed by atoms with van der Waals surface area (Å²) in [5, 5.41) is 10.8. The predicted molar refractivity (Wildman–Crippen MR) is 108 cm³/mol. The smallest absolute Gasteiger partial charge is 0.266 e. The van der Waals surface area contributed by atoms with Crippen molar-refractivity contribution in [1.82, 2.24) is 0 Å². The molecule has 0 aliphatic carbocycles. The molecule has 0 unspecified atom stereocenters. The summed E-state index contributed by atoms with van der Waals surface area (Å²) in [6.07, 6.45) is 1.57. The Labute approximate surface area is 165 Å². The van der Waals surface area contributed by atoms with Crippen molar-refractivity contribution in [2.75, 3.05) is 4.90 Å².